The van der Waals surface area contributed by atoms with Crippen LogP contribution in [-0.2, 0) is 18.4 Å². The Morgan fingerprint density at radius 2 is 0.747 bits per heavy atom. The van der Waals surface area contributed by atoms with Crippen LogP contribution in [0.2, 0.25) is 0 Å². The number of aliphatic hydroxyl groups is 1. The summed E-state index contributed by atoms with van der Waals surface area (Å²) in [5, 5.41) is 13.9. The highest BCUT2D eigenvalue weighted by atomic mass is 31.2. The standard InChI is InChI=1S/C70H133N2O6P/c1-6-8-10-12-14-16-18-20-22-24-26-27-28-29-30-31-32-33-34-35-36-37-38-39-40-41-42-43-44-45-46-48-50-52-54-56-58-60-62-64-70(74)71-68(67-78-79(75,76)77-66-65-72(3,4)5)69(73)63-61-59-57-55-53-51-49-47-25-23-21-19-17-15-13-11-9-7-2/h25,32-33,35-36,47,53,55,61,63,68-69,73H,6-24,26-31,34,37-46,48-52,54,56-60,62,64-67H2,1-5H3,(H-,71,74,75,76)/b33-32-,36-35-,47-25+,55-53+,63-61+. The molecule has 2 N–H and O–H groups in total. The Kier molecular flexibility index (Phi) is 59.4. The minimum Gasteiger partial charge on any atom is -0.756 e. The van der Waals surface area contributed by atoms with Crippen molar-refractivity contribution in [3.8, 4) is 0 Å². The summed E-state index contributed by atoms with van der Waals surface area (Å²) in [6.07, 6.45) is 83.6. The molecular formula is C70H133N2O6P. The summed E-state index contributed by atoms with van der Waals surface area (Å²) >= 11 is 0. The van der Waals surface area contributed by atoms with E-state index in [0.29, 0.717) is 17.4 Å². The van der Waals surface area contributed by atoms with E-state index in [9.17, 15) is 19.4 Å². The molecule has 0 fully saturated rings. The topological polar surface area (TPSA) is 108 Å². The molecule has 0 heterocycles. The van der Waals surface area contributed by atoms with Gasteiger partial charge in [0.15, 0.2) is 0 Å². The molecule has 3 unspecified atom stereocenters. The zero-order valence-electron chi connectivity index (χ0n) is 53.1. The summed E-state index contributed by atoms with van der Waals surface area (Å²) in [6.45, 7) is 4.65. The quantitative estimate of drug-likeness (QED) is 0.0272. The van der Waals surface area contributed by atoms with Gasteiger partial charge in [0.25, 0.3) is 7.82 Å². The number of quaternary nitrogens is 1. The first kappa shape index (κ1) is 77.2. The number of allylic oxidation sites excluding steroid dienone is 9. The van der Waals surface area contributed by atoms with Crippen LogP contribution in [0, 0.1) is 0 Å². The summed E-state index contributed by atoms with van der Waals surface area (Å²) in [7, 11) is 1.24. The number of carbonyl (C=O) groups is 1. The molecule has 3 atom stereocenters. The zero-order valence-corrected chi connectivity index (χ0v) is 54.0. The van der Waals surface area contributed by atoms with Crippen LogP contribution in [0.1, 0.15) is 328 Å². The van der Waals surface area contributed by atoms with E-state index in [2.05, 4.69) is 67.8 Å². The van der Waals surface area contributed by atoms with Crippen LogP contribution in [-0.4, -0.2) is 68.5 Å². The van der Waals surface area contributed by atoms with Crippen molar-refractivity contribution in [1.29, 1.82) is 0 Å². The molecule has 464 valence electrons. The van der Waals surface area contributed by atoms with Crippen LogP contribution in [0.5, 0.6) is 0 Å². The number of likely N-dealkylation sites (N-methyl/N-ethyl adjacent to an activating group) is 1. The lowest BCUT2D eigenvalue weighted by atomic mass is 10.0. The van der Waals surface area contributed by atoms with Gasteiger partial charge in [-0.05, 0) is 77.0 Å². The molecule has 0 aromatic rings. The van der Waals surface area contributed by atoms with Crippen molar-refractivity contribution >= 4 is 13.7 Å². The zero-order chi connectivity index (χ0) is 57.7. The smallest absolute Gasteiger partial charge is 0.268 e. The van der Waals surface area contributed by atoms with E-state index in [-0.39, 0.29) is 12.5 Å². The fourth-order valence-corrected chi connectivity index (χ4v) is 10.8. The third-order valence-electron chi connectivity index (χ3n) is 15.4. The monoisotopic (exact) mass is 1130 g/mol. The van der Waals surface area contributed by atoms with Gasteiger partial charge < -0.3 is 28.8 Å². The first-order valence-corrected chi connectivity index (χ1v) is 35.6. The van der Waals surface area contributed by atoms with E-state index >= 15 is 0 Å². The normalized spacial score (nSPS) is 14.1. The van der Waals surface area contributed by atoms with Gasteiger partial charge in [-0.15, -0.1) is 0 Å². The number of amides is 1. The van der Waals surface area contributed by atoms with E-state index in [1.54, 1.807) is 6.08 Å². The molecule has 1 amide bonds. The van der Waals surface area contributed by atoms with Gasteiger partial charge >= 0.3 is 0 Å². The molecule has 8 nitrogen and oxygen atoms in total. The van der Waals surface area contributed by atoms with Gasteiger partial charge in [-0.3, -0.25) is 9.36 Å². The molecule has 0 aliphatic carbocycles. The van der Waals surface area contributed by atoms with Gasteiger partial charge in [0.05, 0.1) is 39.9 Å². The van der Waals surface area contributed by atoms with Crippen LogP contribution in [0.15, 0.2) is 60.8 Å². The molecule has 0 saturated heterocycles. The number of hydrogen-bond acceptors (Lipinski definition) is 6. The first-order chi connectivity index (χ1) is 38.5. The number of unbranched alkanes of at least 4 members (excludes halogenated alkanes) is 42. The summed E-state index contributed by atoms with van der Waals surface area (Å²) in [4.78, 5) is 25.6. The van der Waals surface area contributed by atoms with E-state index in [1.807, 2.05) is 27.2 Å². The molecule has 0 aromatic carbocycles. The summed E-state index contributed by atoms with van der Waals surface area (Å²) in [5.41, 5.74) is 0. The third-order valence-corrected chi connectivity index (χ3v) is 16.4. The van der Waals surface area contributed by atoms with Crippen LogP contribution >= 0.6 is 7.82 Å². The van der Waals surface area contributed by atoms with Gasteiger partial charge in [-0.2, -0.15) is 0 Å². The SMILES string of the molecule is CCCCCCCCCC/C=C/CC/C=C/CC/C=C/C(O)C(COP(=O)([O-])OCC[N+](C)(C)C)NC(=O)CCCCCCCCCCCCCCCCCCC/C=C\C/C=C\CCCCCCCCCCCCCCCCC. The maximum Gasteiger partial charge on any atom is 0.268 e. The van der Waals surface area contributed by atoms with Gasteiger partial charge in [-0.25, -0.2) is 0 Å². The molecule has 0 spiro atoms. The maximum atomic E-state index is 13.0. The molecule has 0 rings (SSSR count). The second-order valence-corrected chi connectivity index (χ2v) is 25.9. The summed E-state index contributed by atoms with van der Waals surface area (Å²) in [5.74, 6) is -0.208. The van der Waals surface area contributed by atoms with E-state index in [1.165, 1.54) is 257 Å². The predicted molar refractivity (Wildman–Crippen MR) is 344 cm³/mol. The Hall–Kier alpha value is -1.80. The average molecular weight is 1130 g/mol. The number of nitrogens with one attached hydrogen (secondary N) is 1. The molecule has 0 saturated carbocycles. The highest BCUT2D eigenvalue weighted by Crippen LogP contribution is 2.38. The molecular weight excluding hydrogens is 996 g/mol. The fourth-order valence-electron chi connectivity index (χ4n) is 10.1. The minimum absolute atomic E-state index is 0.00952. The Balaban J connectivity index is 3.99. The number of hydrogen-bond donors (Lipinski definition) is 2. The number of rotatable bonds is 63. The lowest BCUT2D eigenvalue weighted by molar-refractivity contribution is -0.870. The Bertz CT molecular complexity index is 1470. The number of nitrogens with zero attached hydrogens (tertiary/aromatic N) is 1. The van der Waals surface area contributed by atoms with Gasteiger partial charge in [0, 0.05) is 6.42 Å². The molecule has 0 aromatic heterocycles. The highest BCUT2D eigenvalue weighted by Gasteiger charge is 2.23. The predicted octanol–water partition coefficient (Wildman–Crippen LogP) is 21.0. The van der Waals surface area contributed by atoms with Crippen molar-refractivity contribution in [2.75, 3.05) is 40.9 Å². The van der Waals surface area contributed by atoms with Gasteiger partial charge in [-0.1, -0.05) is 306 Å². The van der Waals surface area contributed by atoms with Crippen molar-refractivity contribution in [2.24, 2.45) is 0 Å². The molecule has 0 radical (unpaired) electrons. The number of phosphoric ester groups is 1. The Labute approximate surface area is 492 Å². The third kappa shape index (κ3) is 63.6. The van der Waals surface area contributed by atoms with Crippen LogP contribution in [0.4, 0.5) is 0 Å². The highest BCUT2D eigenvalue weighted by molar-refractivity contribution is 7.45. The van der Waals surface area contributed by atoms with Crippen molar-refractivity contribution in [3.05, 3.63) is 60.8 Å². The lowest BCUT2D eigenvalue weighted by Crippen LogP contribution is -2.45. The second-order valence-electron chi connectivity index (χ2n) is 24.5. The van der Waals surface area contributed by atoms with Crippen molar-refractivity contribution in [2.45, 2.75) is 341 Å². The lowest BCUT2D eigenvalue weighted by Gasteiger charge is -2.29. The summed E-state index contributed by atoms with van der Waals surface area (Å²) in [6, 6.07) is -0.912. The largest absolute Gasteiger partial charge is 0.756 e. The van der Waals surface area contributed by atoms with E-state index in [4.69, 9.17) is 9.05 Å². The number of aliphatic hydroxyl groups excluding tert-OH is 1. The van der Waals surface area contributed by atoms with Crippen LogP contribution < -0.4 is 10.2 Å². The maximum absolute atomic E-state index is 13.0. The van der Waals surface area contributed by atoms with E-state index in [0.717, 1.165) is 51.4 Å². The van der Waals surface area contributed by atoms with E-state index < -0.39 is 26.6 Å². The van der Waals surface area contributed by atoms with Gasteiger partial charge in [0.1, 0.15) is 13.2 Å². The average Bonchev–Trinajstić information content (AvgIpc) is 3.42. The Morgan fingerprint density at radius 3 is 1.10 bits per heavy atom. The van der Waals surface area contributed by atoms with Gasteiger partial charge in [0.2, 0.25) is 5.91 Å². The molecule has 9 heteroatoms. The van der Waals surface area contributed by atoms with Crippen molar-refractivity contribution in [1.82, 2.24) is 5.32 Å². The molecule has 0 aliphatic rings. The Morgan fingerprint density at radius 1 is 0.443 bits per heavy atom. The summed E-state index contributed by atoms with van der Waals surface area (Å²) < 4.78 is 23.4. The minimum atomic E-state index is -4.61. The molecule has 79 heavy (non-hydrogen) atoms. The van der Waals surface area contributed by atoms with Crippen LogP contribution in [0.25, 0.3) is 0 Å². The van der Waals surface area contributed by atoms with Crippen molar-refractivity contribution < 1.29 is 32.9 Å². The van der Waals surface area contributed by atoms with Crippen molar-refractivity contribution in [3.63, 3.8) is 0 Å². The first-order valence-electron chi connectivity index (χ1n) is 34.2. The number of carbonyl (C=O) groups excluding carboxylic acids is 1. The molecule has 0 aliphatic heterocycles. The van der Waals surface area contributed by atoms with Crippen LogP contribution in [0.3, 0.4) is 0 Å². The fraction of sp³-hybridized carbons (Fsp3) is 0.843. The number of phosphoric acid groups is 1. The second kappa shape index (κ2) is 60.8. The molecule has 0 bridgehead atoms.